The van der Waals surface area contributed by atoms with Crippen molar-refractivity contribution < 1.29 is 4.74 Å². The molecule has 0 N–H and O–H groups in total. The van der Waals surface area contributed by atoms with Crippen molar-refractivity contribution in [2.75, 3.05) is 7.11 Å². The Kier molecular flexibility index (Phi) is 2.72. The SMILES string of the molecule is COC(C)(C)C1C=CCCC1. The highest BCUT2D eigenvalue weighted by Gasteiger charge is 2.27. The zero-order chi connectivity index (χ0) is 8.32. The van der Waals surface area contributed by atoms with Gasteiger partial charge in [-0.3, -0.25) is 0 Å². The molecule has 1 rings (SSSR count). The van der Waals surface area contributed by atoms with Gasteiger partial charge >= 0.3 is 0 Å². The van der Waals surface area contributed by atoms with Crippen LogP contribution in [-0.2, 0) is 4.74 Å². The van der Waals surface area contributed by atoms with E-state index in [0.29, 0.717) is 5.92 Å². The molecule has 1 aliphatic rings. The van der Waals surface area contributed by atoms with Gasteiger partial charge in [-0.15, -0.1) is 0 Å². The van der Waals surface area contributed by atoms with E-state index in [1.165, 1.54) is 19.3 Å². The number of allylic oxidation sites excluding steroid dienone is 1. The first-order valence-electron chi connectivity index (χ1n) is 4.38. The van der Waals surface area contributed by atoms with E-state index in [9.17, 15) is 0 Å². The fraction of sp³-hybridized carbons (Fsp3) is 0.800. The third kappa shape index (κ3) is 2.06. The Morgan fingerprint density at radius 1 is 1.45 bits per heavy atom. The van der Waals surface area contributed by atoms with Gasteiger partial charge in [-0.25, -0.2) is 0 Å². The topological polar surface area (TPSA) is 9.23 Å². The molecule has 0 aromatic heterocycles. The third-order valence-electron chi connectivity index (χ3n) is 2.67. The summed E-state index contributed by atoms with van der Waals surface area (Å²) in [5.41, 5.74) is 0.0247. The maximum absolute atomic E-state index is 5.43. The minimum atomic E-state index is 0.0247. The number of hydrogen-bond donors (Lipinski definition) is 0. The highest BCUT2D eigenvalue weighted by Crippen LogP contribution is 2.29. The van der Waals surface area contributed by atoms with Gasteiger partial charge in [-0.1, -0.05) is 12.2 Å². The van der Waals surface area contributed by atoms with Gasteiger partial charge in [0.2, 0.25) is 0 Å². The third-order valence-corrected chi connectivity index (χ3v) is 2.67. The molecule has 0 bridgehead atoms. The summed E-state index contributed by atoms with van der Waals surface area (Å²) >= 11 is 0. The van der Waals surface area contributed by atoms with E-state index in [1.54, 1.807) is 7.11 Å². The first kappa shape index (κ1) is 8.79. The average Bonchev–Trinajstić information content (AvgIpc) is 2.06. The smallest absolute Gasteiger partial charge is 0.0685 e. The standard InChI is InChI=1S/C10H18O/c1-10(2,11-3)9-7-5-4-6-8-9/h5,7,9H,4,6,8H2,1-3H3. The van der Waals surface area contributed by atoms with Crippen molar-refractivity contribution in [1.82, 2.24) is 0 Å². The Hall–Kier alpha value is -0.300. The average molecular weight is 154 g/mol. The minimum Gasteiger partial charge on any atom is -0.378 e. The van der Waals surface area contributed by atoms with Gasteiger partial charge in [0.1, 0.15) is 0 Å². The largest absolute Gasteiger partial charge is 0.378 e. The van der Waals surface area contributed by atoms with E-state index >= 15 is 0 Å². The molecular formula is C10H18O. The zero-order valence-electron chi connectivity index (χ0n) is 7.76. The van der Waals surface area contributed by atoms with E-state index in [-0.39, 0.29) is 5.60 Å². The minimum absolute atomic E-state index is 0.0247. The van der Waals surface area contributed by atoms with Crippen LogP contribution in [0.5, 0.6) is 0 Å². The van der Waals surface area contributed by atoms with Gasteiger partial charge in [-0.2, -0.15) is 0 Å². The van der Waals surface area contributed by atoms with Crippen LogP contribution in [0.3, 0.4) is 0 Å². The monoisotopic (exact) mass is 154 g/mol. The molecule has 0 radical (unpaired) electrons. The lowest BCUT2D eigenvalue weighted by Gasteiger charge is -2.32. The Morgan fingerprint density at radius 3 is 2.64 bits per heavy atom. The number of ether oxygens (including phenoxy) is 1. The van der Waals surface area contributed by atoms with Crippen molar-refractivity contribution in [2.24, 2.45) is 5.92 Å². The summed E-state index contributed by atoms with van der Waals surface area (Å²) in [6, 6.07) is 0. The van der Waals surface area contributed by atoms with Crippen molar-refractivity contribution in [1.29, 1.82) is 0 Å². The summed E-state index contributed by atoms with van der Waals surface area (Å²) in [6.07, 6.45) is 8.41. The van der Waals surface area contributed by atoms with Crippen LogP contribution >= 0.6 is 0 Å². The maximum Gasteiger partial charge on any atom is 0.0685 e. The molecule has 0 heterocycles. The molecule has 1 nitrogen and oxygen atoms in total. The van der Waals surface area contributed by atoms with Crippen molar-refractivity contribution in [2.45, 2.75) is 38.7 Å². The van der Waals surface area contributed by atoms with Crippen molar-refractivity contribution in [3.63, 3.8) is 0 Å². The Bertz CT molecular complexity index is 147. The van der Waals surface area contributed by atoms with E-state index in [0.717, 1.165) is 0 Å². The van der Waals surface area contributed by atoms with E-state index < -0.39 is 0 Å². The molecule has 0 fully saturated rings. The molecule has 0 amide bonds. The van der Waals surface area contributed by atoms with E-state index in [1.807, 2.05) is 0 Å². The van der Waals surface area contributed by atoms with Gasteiger partial charge < -0.3 is 4.74 Å². The van der Waals surface area contributed by atoms with Crippen LogP contribution in [0.1, 0.15) is 33.1 Å². The normalized spacial score (nSPS) is 25.5. The summed E-state index contributed by atoms with van der Waals surface area (Å²) in [5.74, 6) is 0.612. The van der Waals surface area contributed by atoms with E-state index in [2.05, 4.69) is 26.0 Å². The van der Waals surface area contributed by atoms with Crippen molar-refractivity contribution in [3.05, 3.63) is 12.2 Å². The van der Waals surface area contributed by atoms with E-state index in [4.69, 9.17) is 4.74 Å². The van der Waals surface area contributed by atoms with Gasteiger partial charge in [0.05, 0.1) is 5.60 Å². The molecule has 0 aromatic carbocycles. The fourth-order valence-electron chi connectivity index (χ4n) is 1.54. The summed E-state index contributed by atoms with van der Waals surface area (Å²) < 4.78 is 5.43. The lowest BCUT2D eigenvalue weighted by Crippen LogP contribution is -2.32. The zero-order valence-corrected chi connectivity index (χ0v) is 7.76. The molecule has 0 saturated carbocycles. The lowest BCUT2D eigenvalue weighted by molar-refractivity contribution is -0.0162. The van der Waals surface area contributed by atoms with Crippen LogP contribution in [-0.4, -0.2) is 12.7 Å². The molecule has 1 unspecified atom stereocenters. The molecule has 0 spiro atoms. The quantitative estimate of drug-likeness (QED) is 0.556. The van der Waals surface area contributed by atoms with Crippen molar-refractivity contribution in [3.8, 4) is 0 Å². The summed E-state index contributed by atoms with van der Waals surface area (Å²) in [6.45, 7) is 4.32. The van der Waals surface area contributed by atoms with Gasteiger partial charge in [0, 0.05) is 13.0 Å². The first-order valence-corrected chi connectivity index (χ1v) is 4.38. The number of rotatable bonds is 2. The maximum atomic E-state index is 5.43. The Morgan fingerprint density at radius 2 is 2.18 bits per heavy atom. The van der Waals surface area contributed by atoms with Gasteiger partial charge in [0.15, 0.2) is 0 Å². The summed E-state index contributed by atoms with van der Waals surface area (Å²) in [7, 11) is 1.79. The number of hydrogen-bond acceptors (Lipinski definition) is 1. The van der Waals surface area contributed by atoms with Crippen LogP contribution in [0.2, 0.25) is 0 Å². The fourth-order valence-corrected chi connectivity index (χ4v) is 1.54. The second-order valence-corrected chi connectivity index (χ2v) is 3.77. The van der Waals surface area contributed by atoms with Crippen LogP contribution < -0.4 is 0 Å². The molecule has 0 saturated heterocycles. The van der Waals surface area contributed by atoms with Crippen LogP contribution in [0.4, 0.5) is 0 Å². The van der Waals surface area contributed by atoms with Gasteiger partial charge in [0.25, 0.3) is 0 Å². The molecular weight excluding hydrogens is 136 g/mol. The Labute approximate surface area is 69.4 Å². The summed E-state index contributed by atoms with van der Waals surface area (Å²) in [5, 5.41) is 0. The van der Waals surface area contributed by atoms with Crippen LogP contribution in [0.15, 0.2) is 12.2 Å². The van der Waals surface area contributed by atoms with Crippen LogP contribution in [0, 0.1) is 5.92 Å². The molecule has 64 valence electrons. The van der Waals surface area contributed by atoms with Gasteiger partial charge in [-0.05, 0) is 33.1 Å². The predicted octanol–water partition coefficient (Wildman–Crippen LogP) is 2.77. The Balaban J connectivity index is 2.57. The highest BCUT2D eigenvalue weighted by molar-refractivity contribution is 4.99. The number of methoxy groups -OCH3 is 1. The first-order chi connectivity index (χ1) is 5.17. The molecule has 1 heteroatoms. The molecule has 0 aliphatic heterocycles. The highest BCUT2D eigenvalue weighted by atomic mass is 16.5. The summed E-state index contributed by atoms with van der Waals surface area (Å²) in [4.78, 5) is 0. The molecule has 1 atom stereocenters. The predicted molar refractivity (Wildman–Crippen MR) is 47.6 cm³/mol. The van der Waals surface area contributed by atoms with Crippen molar-refractivity contribution >= 4 is 0 Å². The molecule has 11 heavy (non-hydrogen) atoms. The molecule has 1 aliphatic carbocycles. The molecule has 0 aromatic rings. The second-order valence-electron chi connectivity index (χ2n) is 3.77. The van der Waals surface area contributed by atoms with Crippen LogP contribution in [0.25, 0.3) is 0 Å². The second kappa shape index (κ2) is 3.40. The lowest BCUT2D eigenvalue weighted by atomic mass is 9.83.